The van der Waals surface area contributed by atoms with Crippen molar-refractivity contribution in [2.24, 2.45) is 0 Å². The Morgan fingerprint density at radius 1 is 1.18 bits per heavy atom. The fourth-order valence-electron chi connectivity index (χ4n) is 4.10. The van der Waals surface area contributed by atoms with Gasteiger partial charge in [-0.1, -0.05) is 54.6 Å². The monoisotopic (exact) mass is 457 g/mol. The summed E-state index contributed by atoms with van der Waals surface area (Å²) in [5.74, 6) is -0.903. The van der Waals surface area contributed by atoms with Crippen molar-refractivity contribution >= 4 is 17.4 Å². The molecule has 0 bridgehead atoms. The first-order valence-corrected chi connectivity index (χ1v) is 11.1. The summed E-state index contributed by atoms with van der Waals surface area (Å²) in [7, 11) is 0. The van der Waals surface area contributed by atoms with Crippen LogP contribution in [0, 0.1) is 6.92 Å². The van der Waals surface area contributed by atoms with E-state index >= 15 is 0 Å². The zero-order valence-electron chi connectivity index (χ0n) is 19.1. The van der Waals surface area contributed by atoms with Crippen molar-refractivity contribution in [3.63, 3.8) is 0 Å². The van der Waals surface area contributed by atoms with Crippen LogP contribution in [-0.4, -0.2) is 44.4 Å². The highest BCUT2D eigenvalue weighted by molar-refractivity contribution is 6.46. The molecular weight excluding hydrogens is 430 g/mol. The summed E-state index contributed by atoms with van der Waals surface area (Å²) in [6.07, 6.45) is 7.53. The number of benzene rings is 2. The number of imidazole rings is 1. The van der Waals surface area contributed by atoms with Gasteiger partial charge < -0.3 is 19.3 Å². The van der Waals surface area contributed by atoms with Gasteiger partial charge in [0.1, 0.15) is 18.1 Å². The lowest BCUT2D eigenvalue weighted by Crippen LogP contribution is -2.31. The second-order valence-corrected chi connectivity index (χ2v) is 8.18. The Bertz CT molecular complexity index is 1210. The molecule has 1 fully saturated rings. The van der Waals surface area contributed by atoms with Crippen molar-refractivity contribution in [3.8, 4) is 5.75 Å². The van der Waals surface area contributed by atoms with E-state index in [9.17, 15) is 14.7 Å². The SMILES string of the molecule is C=CCOc1cccc([C@@H]2C(=C(O)c3ccc(C)cc3)C(=O)C(=O)N2CCCn2ccnc2)c1. The Kier molecular flexibility index (Phi) is 6.92. The third-order valence-electron chi connectivity index (χ3n) is 5.78. The quantitative estimate of drug-likeness (QED) is 0.225. The molecule has 4 rings (SSSR count). The Labute approximate surface area is 198 Å². The lowest BCUT2D eigenvalue weighted by Gasteiger charge is -2.25. The lowest BCUT2D eigenvalue weighted by atomic mass is 9.95. The maximum Gasteiger partial charge on any atom is 0.295 e. The standard InChI is InChI=1S/C27H27N3O4/c1-3-16-34-22-7-4-6-21(17-22)24-23(25(31)20-10-8-19(2)9-11-20)26(32)27(33)30(24)14-5-13-29-15-12-28-18-29/h3-4,6-12,15,17-18,24,31H,1,5,13-14,16H2,2H3/t24-/m1/s1. The number of aromatic nitrogens is 2. The predicted molar refractivity (Wildman–Crippen MR) is 129 cm³/mol. The van der Waals surface area contributed by atoms with Crippen LogP contribution in [-0.2, 0) is 16.1 Å². The largest absolute Gasteiger partial charge is 0.507 e. The van der Waals surface area contributed by atoms with Crippen LogP contribution >= 0.6 is 0 Å². The zero-order chi connectivity index (χ0) is 24.1. The topological polar surface area (TPSA) is 84.7 Å². The molecule has 0 saturated carbocycles. The third-order valence-corrected chi connectivity index (χ3v) is 5.78. The van der Waals surface area contributed by atoms with Gasteiger partial charge in [-0.2, -0.15) is 0 Å². The molecule has 7 nitrogen and oxygen atoms in total. The molecule has 1 aromatic heterocycles. The minimum atomic E-state index is -0.726. The number of aliphatic hydroxyl groups is 1. The first-order valence-electron chi connectivity index (χ1n) is 11.1. The molecule has 1 amide bonds. The van der Waals surface area contributed by atoms with Gasteiger partial charge >= 0.3 is 0 Å². The van der Waals surface area contributed by atoms with E-state index in [1.54, 1.807) is 42.9 Å². The maximum absolute atomic E-state index is 13.2. The second kappa shape index (κ2) is 10.2. The number of aliphatic hydroxyl groups excluding tert-OH is 1. The van der Waals surface area contributed by atoms with Gasteiger partial charge in [-0.05, 0) is 31.0 Å². The molecule has 34 heavy (non-hydrogen) atoms. The number of likely N-dealkylation sites (tertiary alicyclic amines) is 1. The normalized spacial score (nSPS) is 17.2. The predicted octanol–water partition coefficient (Wildman–Crippen LogP) is 4.27. The molecule has 7 heteroatoms. The van der Waals surface area contributed by atoms with Crippen LogP contribution < -0.4 is 4.74 Å². The van der Waals surface area contributed by atoms with E-state index < -0.39 is 17.7 Å². The van der Waals surface area contributed by atoms with Crippen molar-refractivity contribution in [3.05, 3.63) is 102 Å². The van der Waals surface area contributed by atoms with Gasteiger partial charge in [0.25, 0.3) is 11.7 Å². The number of carbonyl (C=O) groups excluding carboxylic acids is 2. The number of amides is 1. The van der Waals surface area contributed by atoms with Gasteiger partial charge in [0.2, 0.25) is 0 Å². The van der Waals surface area contributed by atoms with Crippen LogP contribution in [0.15, 0.2) is 85.5 Å². The number of nitrogens with zero attached hydrogens (tertiary/aromatic N) is 3. The minimum Gasteiger partial charge on any atom is -0.507 e. The lowest BCUT2D eigenvalue weighted by molar-refractivity contribution is -0.139. The first kappa shape index (κ1) is 23.0. The van der Waals surface area contributed by atoms with Crippen LogP contribution in [0.3, 0.4) is 0 Å². The average molecular weight is 458 g/mol. The zero-order valence-corrected chi connectivity index (χ0v) is 19.1. The highest BCUT2D eigenvalue weighted by atomic mass is 16.5. The van der Waals surface area contributed by atoms with Crippen LogP contribution in [0.25, 0.3) is 5.76 Å². The number of rotatable bonds is 9. The van der Waals surface area contributed by atoms with Crippen LogP contribution in [0.2, 0.25) is 0 Å². The van der Waals surface area contributed by atoms with Crippen molar-refractivity contribution < 1.29 is 19.4 Å². The number of ether oxygens (including phenoxy) is 1. The highest BCUT2D eigenvalue weighted by Gasteiger charge is 2.45. The summed E-state index contributed by atoms with van der Waals surface area (Å²) in [5, 5.41) is 11.2. The second-order valence-electron chi connectivity index (χ2n) is 8.18. The van der Waals surface area contributed by atoms with Gasteiger partial charge in [-0.3, -0.25) is 9.59 Å². The van der Waals surface area contributed by atoms with Gasteiger partial charge in [-0.15, -0.1) is 0 Å². The summed E-state index contributed by atoms with van der Waals surface area (Å²) in [4.78, 5) is 31.8. The van der Waals surface area contributed by atoms with Crippen LogP contribution in [0.5, 0.6) is 5.75 Å². The number of hydrogen-bond acceptors (Lipinski definition) is 5. The van der Waals surface area contributed by atoms with E-state index in [-0.39, 0.29) is 11.3 Å². The van der Waals surface area contributed by atoms with Crippen molar-refractivity contribution in [2.45, 2.75) is 25.9 Å². The van der Waals surface area contributed by atoms with Crippen LogP contribution in [0.4, 0.5) is 0 Å². The van der Waals surface area contributed by atoms with Crippen LogP contribution in [0.1, 0.15) is 29.2 Å². The summed E-state index contributed by atoms with van der Waals surface area (Å²) < 4.78 is 7.59. The number of carbonyl (C=O) groups is 2. The summed E-state index contributed by atoms with van der Waals surface area (Å²) in [5.41, 5.74) is 2.29. The van der Waals surface area contributed by atoms with Crippen molar-refractivity contribution in [2.75, 3.05) is 13.2 Å². The molecule has 1 N–H and O–H groups in total. The summed E-state index contributed by atoms with van der Waals surface area (Å²) in [6, 6.07) is 13.7. The molecule has 1 saturated heterocycles. The van der Waals surface area contributed by atoms with E-state index in [4.69, 9.17) is 4.74 Å². The summed E-state index contributed by atoms with van der Waals surface area (Å²) >= 11 is 0. The van der Waals surface area contributed by atoms with Crippen molar-refractivity contribution in [1.29, 1.82) is 0 Å². The van der Waals surface area contributed by atoms with Gasteiger partial charge in [0, 0.05) is 31.0 Å². The molecule has 1 aliphatic heterocycles. The third kappa shape index (κ3) is 4.78. The molecule has 1 aliphatic rings. The number of ketones is 1. The average Bonchev–Trinajstić information content (AvgIpc) is 3.45. The Balaban J connectivity index is 1.73. The minimum absolute atomic E-state index is 0.0809. The molecule has 2 aromatic carbocycles. The molecule has 0 radical (unpaired) electrons. The highest BCUT2D eigenvalue weighted by Crippen LogP contribution is 2.40. The Morgan fingerprint density at radius 3 is 2.68 bits per heavy atom. The van der Waals surface area contributed by atoms with E-state index in [2.05, 4.69) is 11.6 Å². The molecule has 0 aliphatic carbocycles. The number of aryl methyl sites for hydroxylation is 2. The van der Waals surface area contributed by atoms with E-state index in [0.717, 1.165) is 5.56 Å². The smallest absolute Gasteiger partial charge is 0.295 e. The van der Waals surface area contributed by atoms with Gasteiger partial charge in [0.15, 0.2) is 0 Å². The van der Waals surface area contributed by atoms with Crippen molar-refractivity contribution in [1.82, 2.24) is 14.5 Å². The molecule has 1 atom stereocenters. The number of hydrogen-bond donors (Lipinski definition) is 1. The Hall–Kier alpha value is -4.13. The summed E-state index contributed by atoms with van der Waals surface area (Å²) in [6.45, 7) is 6.93. The van der Waals surface area contributed by atoms with Gasteiger partial charge in [-0.25, -0.2) is 4.98 Å². The fraction of sp³-hybridized carbons (Fsp3) is 0.222. The number of Topliss-reactive ketones (excluding diaryl/α,β-unsaturated/α-hetero) is 1. The molecule has 0 unspecified atom stereocenters. The molecule has 2 heterocycles. The van der Waals surface area contributed by atoms with E-state index in [0.29, 0.717) is 43.0 Å². The first-order chi connectivity index (χ1) is 16.5. The maximum atomic E-state index is 13.2. The molecular formula is C27H27N3O4. The molecule has 174 valence electrons. The Morgan fingerprint density at radius 2 is 1.97 bits per heavy atom. The van der Waals surface area contributed by atoms with Gasteiger partial charge in [0.05, 0.1) is 17.9 Å². The molecule has 3 aromatic rings. The fourth-order valence-corrected chi connectivity index (χ4v) is 4.10. The van der Waals surface area contributed by atoms with E-state index in [1.165, 1.54) is 4.90 Å². The van der Waals surface area contributed by atoms with E-state index in [1.807, 2.05) is 42.0 Å². The molecule has 0 spiro atoms.